The van der Waals surface area contributed by atoms with Crippen molar-refractivity contribution < 1.29 is 24.2 Å². The van der Waals surface area contributed by atoms with Crippen LogP contribution in [0.25, 0.3) is 11.1 Å². The molecule has 0 fully saturated rings. The van der Waals surface area contributed by atoms with Crippen molar-refractivity contribution in [1.29, 1.82) is 0 Å². The minimum atomic E-state index is -1.22. The van der Waals surface area contributed by atoms with Crippen LogP contribution in [-0.2, 0) is 22.5 Å². The second kappa shape index (κ2) is 11.6. The first-order chi connectivity index (χ1) is 19.0. The van der Waals surface area contributed by atoms with Crippen molar-refractivity contribution in [2.24, 2.45) is 0 Å². The Balaban J connectivity index is 1.20. The molecule has 1 aliphatic carbocycles. The van der Waals surface area contributed by atoms with Crippen molar-refractivity contribution in [2.45, 2.75) is 24.9 Å². The summed E-state index contributed by atoms with van der Waals surface area (Å²) < 4.78 is 5.52. The summed E-state index contributed by atoms with van der Waals surface area (Å²) in [5.74, 6) is -1.59. The van der Waals surface area contributed by atoms with Crippen LogP contribution < -0.4 is 10.6 Å². The van der Waals surface area contributed by atoms with Crippen LogP contribution >= 0.6 is 0 Å². The molecule has 0 saturated carbocycles. The number of amides is 2. The van der Waals surface area contributed by atoms with Crippen molar-refractivity contribution in [3.63, 3.8) is 0 Å². The number of nitrogens with one attached hydrogen (secondary N) is 2. The first-order valence-electron chi connectivity index (χ1n) is 12.7. The molecule has 0 bridgehead atoms. The first kappa shape index (κ1) is 25.7. The molecule has 1 atom stereocenters. The van der Waals surface area contributed by atoms with Gasteiger partial charge in [-0.2, -0.15) is 0 Å². The highest BCUT2D eigenvalue weighted by Gasteiger charge is 2.30. The maximum Gasteiger partial charge on any atom is 0.407 e. The van der Waals surface area contributed by atoms with Crippen LogP contribution in [0, 0.1) is 0 Å². The van der Waals surface area contributed by atoms with Gasteiger partial charge in [0.1, 0.15) is 12.6 Å². The largest absolute Gasteiger partial charge is 0.480 e. The number of hydrogen-bond acceptors (Lipinski definition) is 4. The number of hydrogen-bond donors (Lipinski definition) is 3. The first-order valence-corrected chi connectivity index (χ1v) is 12.7. The van der Waals surface area contributed by atoms with Crippen molar-refractivity contribution >= 4 is 18.0 Å². The summed E-state index contributed by atoms with van der Waals surface area (Å²) in [6, 6.07) is 31.0. The Hall–Kier alpha value is -4.91. The SMILES string of the molecule is O=C(N[C@@H](Cc1cccc(C(=O)NCc2ccccc2)c1)C(=O)O)OCC1c2ccccc2-c2ccccc21. The average molecular weight is 521 g/mol. The molecule has 4 aromatic carbocycles. The Morgan fingerprint density at radius 3 is 2.05 bits per heavy atom. The summed E-state index contributed by atoms with van der Waals surface area (Å²) in [7, 11) is 0. The van der Waals surface area contributed by atoms with Crippen molar-refractivity contribution in [3.05, 3.63) is 131 Å². The van der Waals surface area contributed by atoms with Crippen LogP contribution in [0.15, 0.2) is 103 Å². The predicted octanol–water partition coefficient (Wildman–Crippen LogP) is 5.15. The fraction of sp³-hybridized carbons (Fsp3) is 0.156. The maximum absolute atomic E-state index is 12.7. The number of carboxylic acid groups (broad SMARTS) is 1. The molecule has 3 N–H and O–H groups in total. The van der Waals surface area contributed by atoms with Gasteiger partial charge in [0, 0.05) is 24.4 Å². The summed E-state index contributed by atoms with van der Waals surface area (Å²) in [4.78, 5) is 37.3. The van der Waals surface area contributed by atoms with Crippen molar-refractivity contribution in [1.82, 2.24) is 10.6 Å². The van der Waals surface area contributed by atoms with Crippen molar-refractivity contribution in [3.8, 4) is 11.1 Å². The summed E-state index contributed by atoms with van der Waals surface area (Å²) >= 11 is 0. The lowest BCUT2D eigenvalue weighted by atomic mass is 9.98. The highest BCUT2D eigenvalue weighted by atomic mass is 16.5. The lowest BCUT2D eigenvalue weighted by molar-refractivity contribution is -0.139. The van der Waals surface area contributed by atoms with E-state index >= 15 is 0 Å². The topological polar surface area (TPSA) is 105 Å². The Morgan fingerprint density at radius 1 is 0.769 bits per heavy atom. The summed E-state index contributed by atoms with van der Waals surface area (Å²) in [5.41, 5.74) is 6.35. The number of fused-ring (bicyclic) bond motifs is 3. The number of carbonyl (C=O) groups is 3. The quantitative estimate of drug-likeness (QED) is 0.283. The molecule has 2 amide bonds. The Kier molecular flexibility index (Phi) is 7.68. The van der Waals surface area contributed by atoms with Gasteiger partial charge in [-0.1, -0.05) is 91.0 Å². The fourth-order valence-corrected chi connectivity index (χ4v) is 4.94. The Bertz CT molecular complexity index is 1460. The molecule has 0 heterocycles. The zero-order valence-corrected chi connectivity index (χ0v) is 21.2. The molecule has 0 spiro atoms. The second-order valence-corrected chi connectivity index (χ2v) is 9.43. The predicted molar refractivity (Wildman–Crippen MR) is 147 cm³/mol. The lowest BCUT2D eigenvalue weighted by Crippen LogP contribution is -2.43. The maximum atomic E-state index is 12.7. The van der Waals surface area contributed by atoms with E-state index in [-0.39, 0.29) is 24.9 Å². The summed E-state index contributed by atoms with van der Waals surface area (Å²) in [6.45, 7) is 0.467. The van der Waals surface area contributed by atoms with Gasteiger partial charge < -0.3 is 20.5 Å². The fourth-order valence-electron chi connectivity index (χ4n) is 4.94. The number of rotatable bonds is 9. The third kappa shape index (κ3) is 5.99. The molecule has 0 radical (unpaired) electrons. The van der Waals surface area contributed by atoms with Crippen molar-refractivity contribution in [2.75, 3.05) is 6.61 Å². The molecule has 4 aromatic rings. The molecule has 39 heavy (non-hydrogen) atoms. The number of carboxylic acids is 1. The normalized spacial score (nSPS) is 12.6. The smallest absolute Gasteiger partial charge is 0.407 e. The monoisotopic (exact) mass is 520 g/mol. The third-order valence-electron chi connectivity index (χ3n) is 6.86. The number of aliphatic carboxylic acids is 1. The molecule has 196 valence electrons. The number of carbonyl (C=O) groups excluding carboxylic acids is 2. The van der Waals surface area contributed by atoms with Crippen LogP contribution in [0.4, 0.5) is 4.79 Å². The molecule has 0 aromatic heterocycles. The van der Waals surface area contributed by atoms with E-state index in [4.69, 9.17) is 4.74 Å². The number of ether oxygens (including phenoxy) is 1. The number of benzene rings is 4. The lowest BCUT2D eigenvalue weighted by Gasteiger charge is -2.18. The Labute approximate surface area is 226 Å². The van der Waals surface area contributed by atoms with E-state index < -0.39 is 18.1 Å². The van der Waals surface area contributed by atoms with E-state index in [0.717, 1.165) is 27.8 Å². The molecular formula is C32H28N2O5. The van der Waals surface area contributed by atoms with E-state index in [9.17, 15) is 19.5 Å². The van der Waals surface area contributed by atoms with Gasteiger partial charge in [-0.05, 0) is 45.5 Å². The van der Waals surface area contributed by atoms with E-state index in [1.807, 2.05) is 78.9 Å². The zero-order valence-electron chi connectivity index (χ0n) is 21.2. The zero-order chi connectivity index (χ0) is 27.2. The highest BCUT2D eigenvalue weighted by molar-refractivity contribution is 5.94. The van der Waals surface area contributed by atoms with Crippen LogP contribution in [0.1, 0.15) is 38.5 Å². The molecule has 1 aliphatic rings. The van der Waals surface area contributed by atoms with Gasteiger partial charge in [-0.25, -0.2) is 9.59 Å². The van der Waals surface area contributed by atoms with Crippen LogP contribution in [0.3, 0.4) is 0 Å². The second-order valence-electron chi connectivity index (χ2n) is 9.43. The van der Waals surface area contributed by atoms with Crippen LogP contribution in [0.2, 0.25) is 0 Å². The van der Waals surface area contributed by atoms with E-state index in [1.165, 1.54) is 0 Å². The molecular weight excluding hydrogens is 492 g/mol. The number of alkyl carbamates (subject to hydrolysis) is 1. The van der Waals surface area contributed by atoms with Gasteiger partial charge >= 0.3 is 12.1 Å². The Morgan fingerprint density at radius 2 is 1.38 bits per heavy atom. The standard InChI is InChI=1S/C32H28N2O5/c35-30(33-19-21-9-2-1-3-10-21)23-12-8-11-22(17-23)18-29(31(36)37)34-32(38)39-20-28-26-15-6-4-13-24(26)25-14-5-7-16-27(25)28/h1-17,28-29H,18-20H2,(H,33,35)(H,34,38)(H,36,37)/t29-/m0/s1. The molecule has 0 saturated heterocycles. The minimum absolute atomic E-state index is 0.000661. The van der Waals surface area contributed by atoms with Gasteiger partial charge in [0.05, 0.1) is 0 Å². The molecule has 0 aliphatic heterocycles. The summed E-state index contributed by atoms with van der Waals surface area (Å²) in [5, 5.41) is 15.1. The van der Waals surface area contributed by atoms with Gasteiger partial charge in [0.25, 0.3) is 5.91 Å². The van der Waals surface area contributed by atoms with Crippen LogP contribution in [0.5, 0.6) is 0 Å². The van der Waals surface area contributed by atoms with Gasteiger partial charge in [0.2, 0.25) is 0 Å². The van der Waals surface area contributed by atoms with Gasteiger partial charge in [0.15, 0.2) is 0 Å². The molecule has 0 unspecified atom stereocenters. The molecule has 7 nitrogen and oxygen atoms in total. The van der Waals surface area contributed by atoms with Crippen LogP contribution in [-0.4, -0.2) is 35.7 Å². The summed E-state index contributed by atoms with van der Waals surface area (Å²) in [6.07, 6.45) is -0.805. The molecule has 5 rings (SSSR count). The van der Waals surface area contributed by atoms with E-state index in [2.05, 4.69) is 10.6 Å². The minimum Gasteiger partial charge on any atom is -0.480 e. The third-order valence-corrected chi connectivity index (χ3v) is 6.86. The average Bonchev–Trinajstić information content (AvgIpc) is 3.28. The molecule has 7 heteroatoms. The van der Waals surface area contributed by atoms with E-state index in [1.54, 1.807) is 24.3 Å². The van der Waals surface area contributed by atoms with Gasteiger partial charge in [-0.15, -0.1) is 0 Å². The highest BCUT2D eigenvalue weighted by Crippen LogP contribution is 2.44. The van der Waals surface area contributed by atoms with E-state index in [0.29, 0.717) is 17.7 Å². The van der Waals surface area contributed by atoms with Gasteiger partial charge in [-0.3, -0.25) is 4.79 Å².